The first-order valence-corrected chi connectivity index (χ1v) is 6.40. The predicted molar refractivity (Wildman–Crippen MR) is 71.9 cm³/mol. The summed E-state index contributed by atoms with van der Waals surface area (Å²) in [5.41, 5.74) is 5.53. The Morgan fingerprint density at radius 2 is 2.00 bits per heavy atom. The Morgan fingerprint density at radius 3 is 2.55 bits per heavy atom. The Hall–Kier alpha value is -1.83. The van der Waals surface area contributed by atoms with Crippen LogP contribution in [0, 0.1) is 0 Å². The number of methoxy groups -OCH3 is 1. The summed E-state index contributed by atoms with van der Waals surface area (Å²) in [5, 5.41) is 2.51. The molecule has 0 spiro atoms. The smallest absolute Gasteiger partial charge is 0.407 e. The minimum absolute atomic E-state index is 0.145. The van der Waals surface area contributed by atoms with E-state index in [9.17, 15) is 14.4 Å². The molecule has 0 bridgehead atoms. The molecule has 0 aromatic heterocycles. The van der Waals surface area contributed by atoms with Gasteiger partial charge in [-0.3, -0.25) is 9.59 Å². The molecule has 0 aliphatic rings. The molecule has 0 saturated carbocycles. The normalized spacial score (nSPS) is 11.4. The number of amides is 2. The maximum Gasteiger partial charge on any atom is 0.407 e. The summed E-state index contributed by atoms with van der Waals surface area (Å²) < 4.78 is 9.15. The number of likely N-dealkylation sites (N-methyl/N-ethyl adjacent to an activating group) is 1. The van der Waals surface area contributed by atoms with Gasteiger partial charge in [0.25, 0.3) is 0 Å². The summed E-state index contributed by atoms with van der Waals surface area (Å²) in [4.78, 5) is 35.3. The van der Waals surface area contributed by atoms with Crippen molar-refractivity contribution < 1.29 is 23.9 Å². The zero-order valence-corrected chi connectivity index (χ0v) is 12.2. The van der Waals surface area contributed by atoms with Crippen LogP contribution in [0.2, 0.25) is 0 Å². The number of carbonyl (C=O) groups is 3. The maximum atomic E-state index is 11.7. The molecule has 0 rings (SSSR count). The number of nitrogens with one attached hydrogen (secondary N) is 1. The molecule has 0 aromatic rings. The van der Waals surface area contributed by atoms with Crippen molar-refractivity contribution in [3.8, 4) is 0 Å². The highest BCUT2D eigenvalue weighted by Gasteiger charge is 2.17. The Morgan fingerprint density at radius 1 is 1.35 bits per heavy atom. The fourth-order valence-electron chi connectivity index (χ4n) is 1.37. The second-order valence-corrected chi connectivity index (χ2v) is 4.13. The number of rotatable bonds is 8. The quantitative estimate of drug-likeness (QED) is 0.581. The molecule has 0 saturated heterocycles. The first kappa shape index (κ1) is 18.2. The molecule has 116 valence electrons. The molecule has 0 heterocycles. The summed E-state index contributed by atoms with van der Waals surface area (Å²) in [6.07, 6.45) is -0.145. The second-order valence-electron chi connectivity index (χ2n) is 4.13. The number of ether oxygens (including phenoxy) is 2. The first-order chi connectivity index (χ1) is 9.42. The van der Waals surface area contributed by atoms with Crippen LogP contribution in [0.5, 0.6) is 0 Å². The summed E-state index contributed by atoms with van der Waals surface area (Å²) >= 11 is 0. The number of nitrogens with two attached hydrogens (primary N) is 1. The lowest BCUT2D eigenvalue weighted by Gasteiger charge is -2.18. The van der Waals surface area contributed by atoms with E-state index in [0.29, 0.717) is 19.7 Å². The number of hydrogen-bond acceptors (Lipinski definition) is 6. The van der Waals surface area contributed by atoms with Gasteiger partial charge in [0.05, 0.1) is 13.7 Å². The average molecular weight is 289 g/mol. The number of alkyl carbamates (subject to hydrolysis) is 1. The molecular weight excluding hydrogens is 266 g/mol. The van der Waals surface area contributed by atoms with Crippen molar-refractivity contribution in [2.75, 3.05) is 33.9 Å². The highest BCUT2D eigenvalue weighted by Crippen LogP contribution is 2.00. The molecule has 0 radical (unpaired) electrons. The average Bonchev–Trinajstić information content (AvgIpc) is 2.43. The van der Waals surface area contributed by atoms with E-state index in [1.165, 1.54) is 12.0 Å². The monoisotopic (exact) mass is 289 g/mol. The van der Waals surface area contributed by atoms with Crippen LogP contribution in [0.3, 0.4) is 0 Å². The molecule has 8 nitrogen and oxygen atoms in total. The molecule has 0 aromatic carbocycles. The van der Waals surface area contributed by atoms with E-state index < -0.39 is 18.1 Å². The third-order valence-corrected chi connectivity index (χ3v) is 2.59. The molecule has 8 heteroatoms. The SMILES string of the molecule is CCOC(=O)NCCN(C)C(=O)CC[C@H](N)C(=O)OC. The van der Waals surface area contributed by atoms with Crippen LogP contribution in [0.4, 0.5) is 4.79 Å². The van der Waals surface area contributed by atoms with Gasteiger partial charge < -0.3 is 25.4 Å². The maximum absolute atomic E-state index is 11.7. The second kappa shape index (κ2) is 10.0. The molecule has 0 unspecified atom stereocenters. The Balaban J connectivity index is 3.87. The van der Waals surface area contributed by atoms with Crippen molar-refractivity contribution in [1.82, 2.24) is 10.2 Å². The molecule has 1 atom stereocenters. The Labute approximate surface area is 118 Å². The molecule has 0 fully saturated rings. The Bertz CT molecular complexity index is 335. The predicted octanol–water partition coefficient (Wildman–Crippen LogP) is -0.529. The lowest BCUT2D eigenvalue weighted by molar-refractivity contribution is -0.142. The van der Waals surface area contributed by atoms with Gasteiger partial charge in [-0.05, 0) is 13.3 Å². The van der Waals surface area contributed by atoms with Gasteiger partial charge in [0.1, 0.15) is 6.04 Å². The molecule has 2 amide bonds. The van der Waals surface area contributed by atoms with Crippen molar-refractivity contribution in [1.29, 1.82) is 0 Å². The third-order valence-electron chi connectivity index (χ3n) is 2.59. The van der Waals surface area contributed by atoms with E-state index in [-0.39, 0.29) is 18.7 Å². The summed E-state index contributed by atoms with van der Waals surface area (Å²) in [7, 11) is 2.86. The van der Waals surface area contributed by atoms with Crippen molar-refractivity contribution in [3.63, 3.8) is 0 Å². The van der Waals surface area contributed by atoms with Crippen LogP contribution < -0.4 is 11.1 Å². The molecule has 0 aliphatic carbocycles. The zero-order valence-electron chi connectivity index (χ0n) is 12.2. The van der Waals surface area contributed by atoms with Crippen LogP contribution in [-0.4, -0.2) is 62.8 Å². The summed E-state index contributed by atoms with van der Waals surface area (Å²) in [6.45, 7) is 2.65. The minimum atomic E-state index is -0.796. The van der Waals surface area contributed by atoms with Crippen molar-refractivity contribution >= 4 is 18.0 Å². The lowest BCUT2D eigenvalue weighted by atomic mass is 10.1. The molecule has 3 N–H and O–H groups in total. The fourth-order valence-corrected chi connectivity index (χ4v) is 1.37. The zero-order chi connectivity index (χ0) is 15.5. The van der Waals surface area contributed by atoms with Gasteiger partial charge in [-0.15, -0.1) is 0 Å². The van der Waals surface area contributed by atoms with Gasteiger partial charge in [-0.2, -0.15) is 0 Å². The van der Waals surface area contributed by atoms with E-state index in [4.69, 9.17) is 5.73 Å². The van der Waals surface area contributed by atoms with Crippen molar-refractivity contribution in [3.05, 3.63) is 0 Å². The summed E-state index contributed by atoms with van der Waals surface area (Å²) in [6, 6.07) is -0.796. The van der Waals surface area contributed by atoms with Gasteiger partial charge in [-0.25, -0.2) is 4.79 Å². The number of carbonyl (C=O) groups excluding carboxylic acids is 3. The van der Waals surface area contributed by atoms with Crippen LogP contribution in [0.25, 0.3) is 0 Å². The first-order valence-electron chi connectivity index (χ1n) is 6.40. The lowest BCUT2D eigenvalue weighted by Crippen LogP contribution is -2.38. The van der Waals surface area contributed by atoms with Crippen molar-refractivity contribution in [2.45, 2.75) is 25.8 Å². The minimum Gasteiger partial charge on any atom is -0.468 e. The van der Waals surface area contributed by atoms with Gasteiger partial charge in [0.15, 0.2) is 0 Å². The van der Waals surface area contributed by atoms with Crippen LogP contribution in [-0.2, 0) is 19.1 Å². The van der Waals surface area contributed by atoms with E-state index in [1.54, 1.807) is 14.0 Å². The molecular formula is C12H23N3O5. The van der Waals surface area contributed by atoms with Gasteiger partial charge in [0.2, 0.25) is 5.91 Å². The molecule has 0 aliphatic heterocycles. The standard InChI is InChI=1S/C12H23N3O5/c1-4-20-12(18)14-7-8-15(2)10(16)6-5-9(13)11(17)19-3/h9H,4-8,13H2,1-3H3,(H,14,18)/t9-/m0/s1. The van der Waals surface area contributed by atoms with E-state index >= 15 is 0 Å². The highest BCUT2D eigenvalue weighted by atomic mass is 16.5. The van der Waals surface area contributed by atoms with E-state index in [2.05, 4.69) is 14.8 Å². The van der Waals surface area contributed by atoms with Gasteiger partial charge in [0, 0.05) is 26.6 Å². The highest BCUT2D eigenvalue weighted by molar-refractivity contribution is 5.79. The fraction of sp³-hybridized carbons (Fsp3) is 0.750. The Kier molecular flexibility index (Phi) is 9.10. The number of nitrogens with zero attached hydrogens (tertiary/aromatic N) is 1. The molecule has 20 heavy (non-hydrogen) atoms. The number of esters is 1. The van der Waals surface area contributed by atoms with Crippen molar-refractivity contribution in [2.24, 2.45) is 5.73 Å². The van der Waals surface area contributed by atoms with E-state index in [0.717, 1.165) is 0 Å². The largest absolute Gasteiger partial charge is 0.468 e. The van der Waals surface area contributed by atoms with Crippen LogP contribution >= 0.6 is 0 Å². The van der Waals surface area contributed by atoms with Crippen LogP contribution in [0.1, 0.15) is 19.8 Å². The van der Waals surface area contributed by atoms with Crippen LogP contribution in [0.15, 0.2) is 0 Å². The summed E-state index contributed by atoms with van der Waals surface area (Å²) in [5.74, 6) is -0.695. The topological polar surface area (TPSA) is 111 Å². The van der Waals surface area contributed by atoms with Gasteiger partial charge >= 0.3 is 12.1 Å². The van der Waals surface area contributed by atoms with Gasteiger partial charge in [-0.1, -0.05) is 0 Å². The third kappa shape index (κ3) is 7.57. The van der Waals surface area contributed by atoms with E-state index in [1.807, 2.05) is 0 Å². The number of hydrogen-bond donors (Lipinski definition) is 2.